The van der Waals surface area contributed by atoms with E-state index in [0.29, 0.717) is 0 Å². The lowest BCUT2D eigenvalue weighted by molar-refractivity contribution is 0.101. The maximum atomic E-state index is 11.4. The minimum Gasteiger partial charge on any atom is -0.368 e. The minimum atomic E-state index is 0.100. The van der Waals surface area contributed by atoms with Crippen molar-refractivity contribution < 1.29 is 4.79 Å². The first-order chi connectivity index (χ1) is 13.6. The van der Waals surface area contributed by atoms with Crippen LogP contribution in [0.5, 0.6) is 0 Å². The summed E-state index contributed by atoms with van der Waals surface area (Å²) < 4.78 is 0. The van der Waals surface area contributed by atoms with Gasteiger partial charge >= 0.3 is 0 Å². The van der Waals surface area contributed by atoms with Gasteiger partial charge in [0, 0.05) is 43.0 Å². The summed E-state index contributed by atoms with van der Waals surface area (Å²) in [6.07, 6.45) is 3.67. The molecule has 1 aliphatic heterocycles. The molecule has 2 aromatic carbocycles. The number of hydrogen-bond donors (Lipinski definition) is 0. The van der Waals surface area contributed by atoms with Gasteiger partial charge in [0.25, 0.3) is 0 Å². The van der Waals surface area contributed by atoms with Crippen LogP contribution < -0.4 is 9.80 Å². The van der Waals surface area contributed by atoms with E-state index < -0.39 is 0 Å². The predicted molar refractivity (Wildman–Crippen MR) is 113 cm³/mol. The van der Waals surface area contributed by atoms with Gasteiger partial charge in [0.1, 0.15) is 5.82 Å². The average molecular weight is 372 g/mol. The number of rotatable bonds is 4. The first-order valence-corrected chi connectivity index (χ1v) is 9.60. The summed E-state index contributed by atoms with van der Waals surface area (Å²) in [4.78, 5) is 25.3. The number of hydrogen-bond acceptors (Lipinski definition) is 5. The second-order valence-electron chi connectivity index (χ2n) is 7.21. The topological polar surface area (TPSA) is 49.3 Å². The van der Waals surface area contributed by atoms with Crippen LogP contribution in [-0.2, 0) is 0 Å². The summed E-state index contributed by atoms with van der Waals surface area (Å²) in [6, 6.07) is 16.2. The Balaban J connectivity index is 1.45. The number of carbonyl (C=O) groups is 1. The Morgan fingerprint density at radius 3 is 2.32 bits per heavy atom. The number of benzene rings is 2. The van der Waals surface area contributed by atoms with Gasteiger partial charge in [-0.25, -0.2) is 4.98 Å². The molecule has 0 saturated carbocycles. The predicted octanol–water partition coefficient (Wildman–Crippen LogP) is 3.98. The van der Waals surface area contributed by atoms with Crippen molar-refractivity contribution in [1.82, 2.24) is 9.97 Å². The molecular weight excluding hydrogens is 348 g/mol. The van der Waals surface area contributed by atoms with E-state index in [-0.39, 0.29) is 5.78 Å². The van der Waals surface area contributed by atoms with E-state index in [9.17, 15) is 4.79 Å². The molecule has 0 atom stereocenters. The standard InChI is InChI=1S/C23H24N4O/c1-17-4-3-5-20(14-17)22-15-24-16-23(25-22)27-12-10-26(11-13-27)21-8-6-19(7-9-21)18(2)28/h3-9,14-16H,10-13H2,1-2H3. The lowest BCUT2D eigenvalue weighted by atomic mass is 10.1. The zero-order chi connectivity index (χ0) is 19.5. The fraction of sp³-hybridized carbons (Fsp3) is 0.261. The molecule has 28 heavy (non-hydrogen) atoms. The first-order valence-electron chi connectivity index (χ1n) is 9.60. The molecule has 0 amide bonds. The van der Waals surface area contributed by atoms with Crippen molar-refractivity contribution >= 4 is 17.3 Å². The monoisotopic (exact) mass is 372 g/mol. The molecule has 1 saturated heterocycles. The van der Waals surface area contributed by atoms with Crippen molar-refractivity contribution in [2.75, 3.05) is 36.0 Å². The van der Waals surface area contributed by atoms with Gasteiger partial charge in [-0.3, -0.25) is 9.78 Å². The van der Waals surface area contributed by atoms with Crippen LogP contribution in [-0.4, -0.2) is 41.9 Å². The molecule has 2 heterocycles. The van der Waals surface area contributed by atoms with Crippen molar-refractivity contribution in [1.29, 1.82) is 0 Å². The molecule has 5 nitrogen and oxygen atoms in total. The molecule has 0 bridgehead atoms. The van der Waals surface area contributed by atoms with E-state index >= 15 is 0 Å². The molecule has 5 heteroatoms. The maximum absolute atomic E-state index is 11.4. The molecule has 0 spiro atoms. The number of carbonyl (C=O) groups excluding carboxylic acids is 1. The Morgan fingerprint density at radius 2 is 1.64 bits per heavy atom. The second kappa shape index (κ2) is 7.80. The summed E-state index contributed by atoms with van der Waals surface area (Å²) in [7, 11) is 0. The third-order valence-corrected chi connectivity index (χ3v) is 5.18. The number of Topliss-reactive ketones (excluding diaryl/α,β-unsaturated/α-hetero) is 1. The number of aromatic nitrogens is 2. The minimum absolute atomic E-state index is 0.100. The molecule has 1 fully saturated rings. The normalized spacial score (nSPS) is 14.2. The average Bonchev–Trinajstić information content (AvgIpc) is 2.74. The fourth-order valence-corrected chi connectivity index (χ4v) is 3.55. The maximum Gasteiger partial charge on any atom is 0.159 e. The Kier molecular flexibility index (Phi) is 5.06. The number of piperazine rings is 1. The van der Waals surface area contributed by atoms with Crippen LogP contribution in [0.2, 0.25) is 0 Å². The van der Waals surface area contributed by atoms with Crippen molar-refractivity contribution in [3.63, 3.8) is 0 Å². The van der Waals surface area contributed by atoms with Crippen LogP contribution in [0.1, 0.15) is 22.8 Å². The summed E-state index contributed by atoms with van der Waals surface area (Å²) >= 11 is 0. The molecule has 4 rings (SSSR count). The highest BCUT2D eigenvalue weighted by Gasteiger charge is 2.19. The molecule has 3 aromatic rings. The second-order valence-corrected chi connectivity index (χ2v) is 7.21. The van der Waals surface area contributed by atoms with Gasteiger partial charge < -0.3 is 9.80 Å². The van der Waals surface area contributed by atoms with Gasteiger partial charge in [-0.15, -0.1) is 0 Å². The van der Waals surface area contributed by atoms with Crippen LogP contribution >= 0.6 is 0 Å². The summed E-state index contributed by atoms with van der Waals surface area (Å²) in [5.41, 5.74) is 5.13. The number of nitrogens with zero attached hydrogens (tertiary/aromatic N) is 4. The third-order valence-electron chi connectivity index (χ3n) is 5.18. The van der Waals surface area contributed by atoms with Crippen LogP contribution in [0.15, 0.2) is 60.9 Å². The molecule has 0 unspecified atom stereocenters. The van der Waals surface area contributed by atoms with E-state index in [0.717, 1.165) is 54.5 Å². The van der Waals surface area contributed by atoms with E-state index in [2.05, 4.69) is 46.0 Å². The quantitative estimate of drug-likeness (QED) is 0.649. The van der Waals surface area contributed by atoms with Crippen LogP contribution in [0.4, 0.5) is 11.5 Å². The SMILES string of the molecule is CC(=O)c1ccc(N2CCN(c3cncc(-c4cccc(C)c4)n3)CC2)cc1. The smallest absolute Gasteiger partial charge is 0.159 e. The summed E-state index contributed by atoms with van der Waals surface area (Å²) in [5.74, 6) is 1.02. The van der Waals surface area contributed by atoms with E-state index in [1.807, 2.05) is 36.7 Å². The van der Waals surface area contributed by atoms with Gasteiger partial charge in [-0.2, -0.15) is 0 Å². The lowest BCUT2D eigenvalue weighted by Crippen LogP contribution is -2.46. The van der Waals surface area contributed by atoms with Crippen molar-refractivity contribution in [2.24, 2.45) is 0 Å². The Bertz CT molecular complexity index is 976. The highest BCUT2D eigenvalue weighted by Crippen LogP contribution is 2.23. The Hall–Kier alpha value is -3.21. The highest BCUT2D eigenvalue weighted by atomic mass is 16.1. The lowest BCUT2D eigenvalue weighted by Gasteiger charge is -2.36. The molecule has 0 N–H and O–H groups in total. The molecular formula is C23H24N4O. The summed E-state index contributed by atoms with van der Waals surface area (Å²) in [6.45, 7) is 7.29. The Morgan fingerprint density at radius 1 is 0.929 bits per heavy atom. The number of anilines is 2. The van der Waals surface area contributed by atoms with Gasteiger partial charge in [-0.1, -0.05) is 23.8 Å². The van der Waals surface area contributed by atoms with Gasteiger partial charge in [0.2, 0.25) is 0 Å². The largest absolute Gasteiger partial charge is 0.368 e. The molecule has 0 radical (unpaired) electrons. The van der Waals surface area contributed by atoms with Gasteiger partial charge in [-0.05, 0) is 44.2 Å². The van der Waals surface area contributed by atoms with Gasteiger partial charge in [0.15, 0.2) is 5.78 Å². The van der Waals surface area contributed by atoms with Gasteiger partial charge in [0.05, 0.1) is 18.1 Å². The van der Waals surface area contributed by atoms with Crippen molar-refractivity contribution in [2.45, 2.75) is 13.8 Å². The van der Waals surface area contributed by atoms with Crippen molar-refractivity contribution in [3.8, 4) is 11.3 Å². The highest BCUT2D eigenvalue weighted by molar-refractivity contribution is 5.94. The number of aryl methyl sites for hydroxylation is 1. The van der Waals surface area contributed by atoms with E-state index in [4.69, 9.17) is 4.98 Å². The van der Waals surface area contributed by atoms with Crippen LogP contribution in [0.25, 0.3) is 11.3 Å². The number of ketones is 1. The molecule has 142 valence electrons. The molecule has 1 aromatic heterocycles. The van der Waals surface area contributed by atoms with Crippen LogP contribution in [0, 0.1) is 6.92 Å². The molecule has 0 aliphatic carbocycles. The zero-order valence-corrected chi connectivity index (χ0v) is 16.3. The third kappa shape index (κ3) is 3.88. The van der Waals surface area contributed by atoms with E-state index in [1.165, 1.54) is 5.56 Å². The Labute approximate surface area is 165 Å². The van der Waals surface area contributed by atoms with Crippen molar-refractivity contribution in [3.05, 3.63) is 72.1 Å². The molecule has 1 aliphatic rings. The zero-order valence-electron chi connectivity index (χ0n) is 16.3. The van der Waals surface area contributed by atoms with Crippen LogP contribution in [0.3, 0.4) is 0 Å². The summed E-state index contributed by atoms with van der Waals surface area (Å²) in [5, 5.41) is 0. The fourth-order valence-electron chi connectivity index (χ4n) is 3.55. The van der Waals surface area contributed by atoms with E-state index in [1.54, 1.807) is 6.92 Å². The first kappa shape index (κ1) is 18.2.